The number of alkyl halides is 4. The van der Waals surface area contributed by atoms with E-state index < -0.39 is 23.3 Å². The Kier molecular flexibility index (Phi) is 3.47. The van der Waals surface area contributed by atoms with Gasteiger partial charge in [0.25, 0.3) is 0 Å². The Hall–Kier alpha value is -2.28. The molecule has 0 unspecified atom stereocenters. The number of nitrogens with zero attached hydrogens (tertiary/aromatic N) is 2. The van der Waals surface area contributed by atoms with Crippen LogP contribution in [0.5, 0.6) is 5.75 Å². The van der Waals surface area contributed by atoms with Gasteiger partial charge in [-0.15, -0.1) is 0 Å². The summed E-state index contributed by atoms with van der Waals surface area (Å²) in [5.41, 5.74) is -0.742. The number of rotatable bonds is 3. The van der Waals surface area contributed by atoms with E-state index in [0.29, 0.717) is 0 Å². The molecule has 0 bridgehead atoms. The maximum absolute atomic E-state index is 13.0. The van der Waals surface area contributed by atoms with E-state index in [1.807, 2.05) is 0 Å². The standard InChI is InChI=1S/C11H6F4N2O/c1-10(12,13)11(14,15)18-9-4-2-3-7(5-16)8(9)6-17/h2-4H,1H3. The molecule has 7 heteroatoms. The molecule has 0 aliphatic carbocycles. The average molecular weight is 258 g/mol. The van der Waals surface area contributed by atoms with Crippen molar-refractivity contribution < 1.29 is 22.3 Å². The zero-order valence-electron chi connectivity index (χ0n) is 9.05. The lowest BCUT2D eigenvalue weighted by molar-refractivity contribution is -0.301. The highest BCUT2D eigenvalue weighted by atomic mass is 19.3. The van der Waals surface area contributed by atoms with Gasteiger partial charge in [-0.25, -0.2) is 0 Å². The second-order valence-electron chi connectivity index (χ2n) is 3.41. The van der Waals surface area contributed by atoms with Crippen molar-refractivity contribution in [2.75, 3.05) is 0 Å². The maximum Gasteiger partial charge on any atom is 0.463 e. The van der Waals surface area contributed by atoms with Gasteiger partial charge in [-0.3, -0.25) is 0 Å². The van der Waals surface area contributed by atoms with Crippen molar-refractivity contribution in [1.29, 1.82) is 10.5 Å². The summed E-state index contributed by atoms with van der Waals surface area (Å²) >= 11 is 0. The molecule has 0 spiro atoms. The summed E-state index contributed by atoms with van der Waals surface area (Å²) in [6, 6.07) is 6.30. The molecular weight excluding hydrogens is 252 g/mol. The molecule has 0 N–H and O–H groups in total. The summed E-state index contributed by atoms with van der Waals surface area (Å²) in [5, 5.41) is 17.4. The van der Waals surface area contributed by atoms with Crippen LogP contribution in [0.2, 0.25) is 0 Å². The third kappa shape index (κ3) is 2.51. The highest BCUT2D eigenvalue weighted by Gasteiger charge is 2.55. The molecule has 0 heterocycles. The Morgan fingerprint density at radius 2 is 1.72 bits per heavy atom. The van der Waals surface area contributed by atoms with Crippen LogP contribution in [0.1, 0.15) is 18.1 Å². The van der Waals surface area contributed by atoms with E-state index in [-0.39, 0.29) is 12.5 Å². The smallest absolute Gasteiger partial charge is 0.427 e. The van der Waals surface area contributed by atoms with Crippen molar-refractivity contribution in [2.24, 2.45) is 0 Å². The lowest BCUT2D eigenvalue weighted by Crippen LogP contribution is -2.43. The normalized spacial score (nSPS) is 11.5. The van der Waals surface area contributed by atoms with Crippen LogP contribution in [0.25, 0.3) is 0 Å². The van der Waals surface area contributed by atoms with E-state index in [4.69, 9.17) is 10.5 Å². The number of benzene rings is 1. The van der Waals surface area contributed by atoms with E-state index in [9.17, 15) is 17.6 Å². The van der Waals surface area contributed by atoms with Crippen molar-refractivity contribution in [2.45, 2.75) is 19.0 Å². The first-order valence-corrected chi connectivity index (χ1v) is 4.61. The first-order chi connectivity index (χ1) is 8.23. The summed E-state index contributed by atoms with van der Waals surface area (Å²) < 4.78 is 55.0. The van der Waals surface area contributed by atoms with Crippen LogP contribution >= 0.6 is 0 Å². The van der Waals surface area contributed by atoms with Gasteiger partial charge in [0.1, 0.15) is 23.5 Å². The highest BCUT2D eigenvalue weighted by Crippen LogP contribution is 2.37. The minimum absolute atomic E-state index is 0.00675. The minimum atomic E-state index is -4.77. The average Bonchev–Trinajstić information content (AvgIpc) is 2.26. The van der Waals surface area contributed by atoms with Gasteiger partial charge in [-0.05, 0) is 12.1 Å². The second kappa shape index (κ2) is 4.53. The molecule has 0 aliphatic heterocycles. The van der Waals surface area contributed by atoms with Crippen LogP contribution in [0.15, 0.2) is 18.2 Å². The Balaban J connectivity index is 3.23. The number of halogens is 4. The van der Waals surface area contributed by atoms with Crippen LogP contribution in [0, 0.1) is 22.7 Å². The predicted octanol–water partition coefficient (Wildman–Crippen LogP) is 3.06. The molecule has 0 amide bonds. The van der Waals surface area contributed by atoms with Crippen molar-refractivity contribution in [3.05, 3.63) is 29.3 Å². The van der Waals surface area contributed by atoms with E-state index >= 15 is 0 Å². The number of hydrogen-bond donors (Lipinski definition) is 0. The van der Waals surface area contributed by atoms with E-state index in [1.54, 1.807) is 6.07 Å². The molecule has 0 saturated carbocycles. The van der Waals surface area contributed by atoms with Crippen LogP contribution in [0.4, 0.5) is 17.6 Å². The summed E-state index contributed by atoms with van der Waals surface area (Å²) in [5.74, 6) is -5.18. The number of nitriles is 2. The van der Waals surface area contributed by atoms with Gasteiger partial charge in [0.15, 0.2) is 0 Å². The van der Waals surface area contributed by atoms with Gasteiger partial charge in [-0.1, -0.05) is 6.07 Å². The predicted molar refractivity (Wildman–Crippen MR) is 52.1 cm³/mol. The van der Waals surface area contributed by atoms with Crippen LogP contribution in [0.3, 0.4) is 0 Å². The molecule has 0 radical (unpaired) electrons. The maximum atomic E-state index is 13.0. The molecule has 0 atom stereocenters. The molecule has 94 valence electrons. The molecule has 1 rings (SSSR count). The lowest BCUT2D eigenvalue weighted by Gasteiger charge is -2.23. The Morgan fingerprint density at radius 1 is 1.11 bits per heavy atom. The topological polar surface area (TPSA) is 56.8 Å². The monoisotopic (exact) mass is 258 g/mol. The van der Waals surface area contributed by atoms with Gasteiger partial charge >= 0.3 is 12.0 Å². The summed E-state index contributed by atoms with van der Waals surface area (Å²) in [6.07, 6.45) is -4.77. The fourth-order valence-electron chi connectivity index (χ4n) is 1.05. The fraction of sp³-hybridized carbons (Fsp3) is 0.273. The summed E-state index contributed by atoms with van der Waals surface area (Å²) in [7, 11) is 0. The van der Waals surface area contributed by atoms with Crippen molar-refractivity contribution in [3.63, 3.8) is 0 Å². The molecular formula is C11H6F4N2O. The van der Waals surface area contributed by atoms with Gasteiger partial charge in [0, 0.05) is 6.92 Å². The molecule has 0 fully saturated rings. The van der Waals surface area contributed by atoms with Crippen LogP contribution in [-0.2, 0) is 0 Å². The van der Waals surface area contributed by atoms with E-state index in [1.165, 1.54) is 12.1 Å². The quantitative estimate of drug-likeness (QED) is 0.783. The van der Waals surface area contributed by atoms with Crippen LogP contribution < -0.4 is 4.74 Å². The largest absolute Gasteiger partial charge is 0.463 e. The van der Waals surface area contributed by atoms with Crippen LogP contribution in [-0.4, -0.2) is 12.0 Å². The van der Waals surface area contributed by atoms with Gasteiger partial charge in [0.2, 0.25) is 0 Å². The Labute approximate surface area is 99.8 Å². The van der Waals surface area contributed by atoms with Crippen molar-refractivity contribution >= 4 is 0 Å². The zero-order valence-corrected chi connectivity index (χ0v) is 9.05. The third-order valence-corrected chi connectivity index (χ3v) is 2.01. The van der Waals surface area contributed by atoms with Gasteiger partial charge < -0.3 is 4.74 Å². The van der Waals surface area contributed by atoms with Crippen molar-refractivity contribution in [1.82, 2.24) is 0 Å². The SMILES string of the molecule is CC(F)(F)C(F)(F)Oc1cccc(C#N)c1C#N. The third-order valence-electron chi connectivity index (χ3n) is 2.01. The van der Waals surface area contributed by atoms with Gasteiger partial charge in [0.05, 0.1) is 5.56 Å². The molecule has 3 nitrogen and oxygen atoms in total. The Morgan fingerprint density at radius 3 is 2.17 bits per heavy atom. The highest BCUT2D eigenvalue weighted by molar-refractivity contribution is 5.53. The first kappa shape index (κ1) is 13.8. The van der Waals surface area contributed by atoms with Gasteiger partial charge in [-0.2, -0.15) is 28.1 Å². The number of hydrogen-bond acceptors (Lipinski definition) is 3. The molecule has 1 aromatic rings. The molecule has 0 aliphatic rings. The van der Waals surface area contributed by atoms with E-state index in [2.05, 4.69) is 4.74 Å². The minimum Gasteiger partial charge on any atom is -0.427 e. The number of ether oxygens (including phenoxy) is 1. The summed E-state index contributed by atoms with van der Waals surface area (Å²) in [6.45, 7) is -0.00675. The molecule has 18 heavy (non-hydrogen) atoms. The zero-order chi connectivity index (χ0) is 14.0. The molecule has 0 aromatic heterocycles. The summed E-state index contributed by atoms with van der Waals surface area (Å²) in [4.78, 5) is 0. The Bertz CT molecular complexity index is 537. The lowest BCUT2D eigenvalue weighted by atomic mass is 10.1. The molecule has 1 aromatic carbocycles. The van der Waals surface area contributed by atoms with Crippen molar-refractivity contribution in [3.8, 4) is 17.9 Å². The van der Waals surface area contributed by atoms with E-state index in [0.717, 1.165) is 12.1 Å². The molecule has 0 saturated heterocycles. The first-order valence-electron chi connectivity index (χ1n) is 4.61. The second-order valence-corrected chi connectivity index (χ2v) is 3.41. The fourth-order valence-corrected chi connectivity index (χ4v) is 1.05.